The standard InChI is InChI=1S/C11H23NO/c1-4-11(2,3)13-9-10-6-5-7-12-8-10/h10,12H,4-9H2,1-3H3. The summed E-state index contributed by atoms with van der Waals surface area (Å²) in [7, 11) is 0. The van der Waals surface area contributed by atoms with Crippen LogP contribution in [0.3, 0.4) is 0 Å². The van der Waals surface area contributed by atoms with Crippen molar-refractivity contribution >= 4 is 0 Å². The Labute approximate surface area is 82.0 Å². The summed E-state index contributed by atoms with van der Waals surface area (Å²) in [6, 6.07) is 0. The maximum atomic E-state index is 5.88. The molecule has 2 nitrogen and oxygen atoms in total. The minimum Gasteiger partial charge on any atom is -0.375 e. The van der Waals surface area contributed by atoms with Gasteiger partial charge in [0, 0.05) is 6.54 Å². The van der Waals surface area contributed by atoms with Gasteiger partial charge in [0.05, 0.1) is 12.2 Å². The normalized spacial score (nSPS) is 24.7. The minimum atomic E-state index is 0.0669. The smallest absolute Gasteiger partial charge is 0.0624 e. The van der Waals surface area contributed by atoms with Crippen LogP contribution in [-0.4, -0.2) is 25.3 Å². The van der Waals surface area contributed by atoms with E-state index in [1.807, 2.05) is 0 Å². The fourth-order valence-corrected chi connectivity index (χ4v) is 1.51. The number of ether oxygens (including phenoxy) is 1. The van der Waals surface area contributed by atoms with Crippen molar-refractivity contribution in [2.24, 2.45) is 5.92 Å². The van der Waals surface area contributed by atoms with Crippen LogP contribution in [0.25, 0.3) is 0 Å². The highest BCUT2D eigenvalue weighted by molar-refractivity contribution is 4.71. The molecule has 78 valence electrons. The summed E-state index contributed by atoms with van der Waals surface area (Å²) in [4.78, 5) is 0. The summed E-state index contributed by atoms with van der Waals surface area (Å²) in [6.45, 7) is 9.77. The Morgan fingerprint density at radius 1 is 1.46 bits per heavy atom. The number of rotatable bonds is 4. The van der Waals surface area contributed by atoms with Gasteiger partial charge in [-0.15, -0.1) is 0 Å². The second kappa shape index (κ2) is 4.97. The molecule has 1 aliphatic rings. The van der Waals surface area contributed by atoms with E-state index < -0.39 is 0 Å². The van der Waals surface area contributed by atoms with Crippen molar-refractivity contribution in [2.75, 3.05) is 19.7 Å². The number of piperidine rings is 1. The topological polar surface area (TPSA) is 21.3 Å². The molecule has 13 heavy (non-hydrogen) atoms. The number of hydrogen-bond donors (Lipinski definition) is 1. The maximum Gasteiger partial charge on any atom is 0.0624 e. The van der Waals surface area contributed by atoms with E-state index in [0.29, 0.717) is 0 Å². The molecular formula is C11H23NO. The molecule has 2 heteroatoms. The highest BCUT2D eigenvalue weighted by Gasteiger charge is 2.19. The third-order valence-corrected chi connectivity index (χ3v) is 2.96. The van der Waals surface area contributed by atoms with Crippen molar-refractivity contribution < 1.29 is 4.74 Å². The molecular weight excluding hydrogens is 162 g/mol. The van der Waals surface area contributed by atoms with Gasteiger partial charge in [0.2, 0.25) is 0 Å². The second-order valence-electron chi connectivity index (χ2n) is 4.64. The Bertz CT molecular complexity index is 139. The van der Waals surface area contributed by atoms with E-state index in [4.69, 9.17) is 4.74 Å². The first-order chi connectivity index (χ1) is 6.14. The molecule has 1 heterocycles. The van der Waals surface area contributed by atoms with E-state index >= 15 is 0 Å². The fraction of sp³-hybridized carbons (Fsp3) is 1.00. The van der Waals surface area contributed by atoms with Gasteiger partial charge in [0.15, 0.2) is 0 Å². The van der Waals surface area contributed by atoms with Crippen molar-refractivity contribution in [3.05, 3.63) is 0 Å². The van der Waals surface area contributed by atoms with Crippen LogP contribution < -0.4 is 5.32 Å². The third kappa shape index (κ3) is 4.10. The Morgan fingerprint density at radius 3 is 2.77 bits per heavy atom. The van der Waals surface area contributed by atoms with E-state index in [-0.39, 0.29) is 5.60 Å². The number of hydrogen-bond acceptors (Lipinski definition) is 2. The van der Waals surface area contributed by atoms with Crippen LogP contribution in [0.15, 0.2) is 0 Å². The zero-order valence-electron chi connectivity index (χ0n) is 9.23. The fourth-order valence-electron chi connectivity index (χ4n) is 1.51. The van der Waals surface area contributed by atoms with E-state index in [1.165, 1.54) is 19.4 Å². The van der Waals surface area contributed by atoms with Crippen molar-refractivity contribution in [1.29, 1.82) is 0 Å². The van der Waals surface area contributed by atoms with Crippen molar-refractivity contribution in [2.45, 2.75) is 45.6 Å². The van der Waals surface area contributed by atoms with Crippen LogP contribution in [0.4, 0.5) is 0 Å². The van der Waals surface area contributed by atoms with E-state index in [0.717, 1.165) is 25.5 Å². The number of nitrogens with one attached hydrogen (secondary N) is 1. The first kappa shape index (κ1) is 11.0. The van der Waals surface area contributed by atoms with Crippen LogP contribution in [0.5, 0.6) is 0 Å². The van der Waals surface area contributed by atoms with E-state index in [9.17, 15) is 0 Å². The van der Waals surface area contributed by atoms with Crippen molar-refractivity contribution in [3.8, 4) is 0 Å². The van der Waals surface area contributed by atoms with Crippen molar-refractivity contribution in [1.82, 2.24) is 5.32 Å². The van der Waals surface area contributed by atoms with Crippen LogP contribution >= 0.6 is 0 Å². The molecule has 1 saturated heterocycles. The van der Waals surface area contributed by atoms with Crippen LogP contribution in [0.1, 0.15) is 40.0 Å². The summed E-state index contributed by atoms with van der Waals surface area (Å²) < 4.78 is 5.88. The summed E-state index contributed by atoms with van der Waals surface area (Å²) in [5.74, 6) is 0.736. The quantitative estimate of drug-likeness (QED) is 0.725. The Hall–Kier alpha value is -0.0800. The highest BCUT2D eigenvalue weighted by Crippen LogP contribution is 2.17. The van der Waals surface area contributed by atoms with Gasteiger partial charge in [0.1, 0.15) is 0 Å². The molecule has 0 amide bonds. The van der Waals surface area contributed by atoms with Gasteiger partial charge in [-0.1, -0.05) is 6.92 Å². The average molecular weight is 185 g/mol. The third-order valence-electron chi connectivity index (χ3n) is 2.96. The Morgan fingerprint density at radius 2 is 2.23 bits per heavy atom. The van der Waals surface area contributed by atoms with Crippen LogP contribution in [0.2, 0.25) is 0 Å². The van der Waals surface area contributed by atoms with Crippen LogP contribution in [0, 0.1) is 5.92 Å². The monoisotopic (exact) mass is 185 g/mol. The lowest BCUT2D eigenvalue weighted by Crippen LogP contribution is -2.35. The molecule has 0 aliphatic carbocycles. The zero-order chi connectivity index (χ0) is 9.73. The highest BCUT2D eigenvalue weighted by atomic mass is 16.5. The molecule has 1 rings (SSSR count). The Balaban J connectivity index is 2.17. The maximum absolute atomic E-state index is 5.88. The molecule has 0 aromatic heterocycles. The molecule has 1 atom stereocenters. The molecule has 0 bridgehead atoms. The second-order valence-corrected chi connectivity index (χ2v) is 4.64. The molecule has 1 aliphatic heterocycles. The van der Waals surface area contributed by atoms with Gasteiger partial charge in [-0.25, -0.2) is 0 Å². The summed E-state index contributed by atoms with van der Waals surface area (Å²) in [6.07, 6.45) is 3.72. The predicted molar refractivity (Wildman–Crippen MR) is 55.9 cm³/mol. The lowest BCUT2D eigenvalue weighted by atomic mass is 10.00. The predicted octanol–water partition coefficient (Wildman–Crippen LogP) is 2.19. The molecule has 1 N–H and O–H groups in total. The minimum absolute atomic E-state index is 0.0669. The van der Waals surface area contributed by atoms with Crippen LogP contribution in [-0.2, 0) is 4.74 Å². The average Bonchev–Trinajstić information content (AvgIpc) is 2.17. The first-order valence-electron chi connectivity index (χ1n) is 5.49. The lowest BCUT2D eigenvalue weighted by Gasteiger charge is -2.29. The lowest BCUT2D eigenvalue weighted by molar-refractivity contribution is -0.0404. The van der Waals surface area contributed by atoms with Crippen molar-refractivity contribution in [3.63, 3.8) is 0 Å². The molecule has 1 fully saturated rings. The van der Waals surface area contributed by atoms with Gasteiger partial charge in [-0.3, -0.25) is 0 Å². The van der Waals surface area contributed by atoms with E-state index in [1.54, 1.807) is 0 Å². The molecule has 0 aromatic rings. The van der Waals surface area contributed by atoms with Gasteiger partial charge in [-0.05, 0) is 45.6 Å². The van der Waals surface area contributed by atoms with E-state index in [2.05, 4.69) is 26.1 Å². The van der Waals surface area contributed by atoms with Gasteiger partial charge in [0.25, 0.3) is 0 Å². The summed E-state index contributed by atoms with van der Waals surface area (Å²) in [5, 5.41) is 3.41. The SMILES string of the molecule is CCC(C)(C)OCC1CCCNC1. The zero-order valence-corrected chi connectivity index (χ0v) is 9.23. The first-order valence-corrected chi connectivity index (χ1v) is 5.49. The van der Waals surface area contributed by atoms with Gasteiger partial charge in [-0.2, -0.15) is 0 Å². The molecule has 0 spiro atoms. The largest absolute Gasteiger partial charge is 0.375 e. The molecule has 1 unspecified atom stereocenters. The summed E-state index contributed by atoms with van der Waals surface area (Å²) in [5.41, 5.74) is 0.0669. The van der Waals surface area contributed by atoms with Gasteiger partial charge < -0.3 is 10.1 Å². The molecule has 0 saturated carbocycles. The van der Waals surface area contributed by atoms with Gasteiger partial charge >= 0.3 is 0 Å². The Kier molecular flexibility index (Phi) is 4.20. The molecule has 0 radical (unpaired) electrons. The summed E-state index contributed by atoms with van der Waals surface area (Å²) >= 11 is 0. The molecule has 0 aromatic carbocycles.